The molecule has 1 aliphatic heterocycles. The van der Waals surface area contributed by atoms with Gasteiger partial charge in [-0.15, -0.1) is 0 Å². The van der Waals surface area contributed by atoms with Gasteiger partial charge in [-0.25, -0.2) is 17.9 Å². The van der Waals surface area contributed by atoms with E-state index >= 15 is 0 Å². The molecule has 180 valence electrons. The zero-order chi connectivity index (χ0) is 23.8. The number of ether oxygens (including phenoxy) is 1. The third-order valence-corrected chi connectivity index (χ3v) is 8.26. The monoisotopic (exact) mass is 478 g/mol. The first-order valence-corrected chi connectivity index (χ1v) is 12.8. The van der Waals surface area contributed by atoms with Gasteiger partial charge in [0.15, 0.2) is 0 Å². The lowest BCUT2D eigenvalue weighted by Crippen LogP contribution is -2.49. The van der Waals surface area contributed by atoms with Crippen LogP contribution in [0.4, 0.5) is 10.5 Å². The molecule has 10 nitrogen and oxygen atoms in total. The number of carbonyl (C=O) groups excluding carboxylic acids is 3. The second kappa shape index (κ2) is 8.94. The molecule has 2 aliphatic carbocycles. The Hall–Kier alpha value is -2.66. The van der Waals surface area contributed by atoms with Gasteiger partial charge in [-0.05, 0) is 62.6 Å². The van der Waals surface area contributed by atoms with Crippen molar-refractivity contribution >= 4 is 33.6 Å². The van der Waals surface area contributed by atoms with E-state index in [-0.39, 0.29) is 28.3 Å². The van der Waals surface area contributed by atoms with E-state index in [0.29, 0.717) is 18.8 Å². The van der Waals surface area contributed by atoms with Crippen molar-refractivity contribution in [3.8, 4) is 5.75 Å². The van der Waals surface area contributed by atoms with Crippen molar-refractivity contribution in [2.45, 2.75) is 68.3 Å². The molecular weight excluding hydrogens is 448 g/mol. The summed E-state index contributed by atoms with van der Waals surface area (Å²) in [5.74, 6) is -0.196. The number of nitrogens with zero attached hydrogens (tertiary/aromatic N) is 1. The Morgan fingerprint density at radius 1 is 1.21 bits per heavy atom. The van der Waals surface area contributed by atoms with Gasteiger partial charge in [0.05, 0.1) is 17.7 Å². The van der Waals surface area contributed by atoms with Crippen LogP contribution in [0.5, 0.6) is 5.75 Å². The second-order valence-corrected chi connectivity index (χ2v) is 10.8. The van der Waals surface area contributed by atoms with E-state index in [0.717, 1.165) is 37.0 Å². The van der Waals surface area contributed by atoms with Gasteiger partial charge in [-0.3, -0.25) is 14.5 Å². The molecule has 0 bridgehead atoms. The number of methoxy groups -OCH3 is 1. The van der Waals surface area contributed by atoms with Crippen LogP contribution in [0.15, 0.2) is 23.1 Å². The third-order valence-electron chi connectivity index (χ3n) is 6.74. The molecule has 3 N–H and O–H groups in total. The summed E-state index contributed by atoms with van der Waals surface area (Å²) >= 11 is 0. The van der Waals surface area contributed by atoms with Gasteiger partial charge in [0.2, 0.25) is 15.9 Å². The number of sulfonamides is 1. The average Bonchev–Trinajstić information content (AvgIpc) is 3.57. The maximum absolute atomic E-state index is 13.0. The van der Waals surface area contributed by atoms with Crippen molar-refractivity contribution in [1.82, 2.24) is 14.9 Å². The first kappa shape index (κ1) is 23.5. The minimum absolute atomic E-state index is 0.00729. The summed E-state index contributed by atoms with van der Waals surface area (Å²) in [4.78, 5) is 39.2. The SMILES string of the molecule is CCC1CCC2(CC1)NC(=O)N(CC(=O)Nc1cc(S(=O)(=O)NC3CC3)ccc1OC)C2=O. The molecule has 0 unspecified atom stereocenters. The van der Waals surface area contributed by atoms with Gasteiger partial charge in [0.1, 0.15) is 17.8 Å². The summed E-state index contributed by atoms with van der Waals surface area (Å²) in [5, 5.41) is 5.39. The molecule has 4 rings (SSSR count). The Labute approximate surface area is 193 Å². The van der Waals surface area contributed by atoms with Crippen molar-refractivity contribution in [3.05, 3.63) is 18.2 Å². The summed E-state index contributed by atoms with van der Waals surface area (Å²) < 4.78 is 32.9. The number of nitrogens with one attached hydrogen (secondary N) is 3. The number of rotatable bonds is 8. The number of imide groups is 1. The maximum Gasteiger partial charge on any atom is 0.325 e. The summed E-state index contributed by atoms with van der Waals surface area (Å²) in [6.07, 6.45) is 5.48. The molecule has 1 heterocycles. The van der Waals surface area contributed by atoms with E-state index in [2.05, 4.69) is 22.3 Å². The fourth-order valence-electron chi connectivity index (χ4n) is 4.51. The highest BCUT2D eigenvalue weighted by molar-refractivity contribution is 7.89. The lowest BCUT2D eigenvalue weighted by Gasteiger charge is -2.34. The minimum atomic E-state index is -3.73. The highest BCUT2D eigenvalue weighted by Gasteiger charge is 2.52. The standard InChI is InChI=1S/C22H30N4O6S/c1-3-14-8-10-22(11-9-14)20(28)26(21(29)24-22)13-19(27)23-17-12-16(6-7-18(17)32-2)33(30,31)25-15-4-5-15/h6-7,12,14-15,25H,3-5,8-11,13H2,1-2H3,(H,23,27)(H,24,29). The van der Waals surface area contributed by atoms with E-state index < -0.39 is 34.0 Å². The van der Waals surface area contributed by atoms with Crippen LogP contribution in [0.2, 0.25) is 0 Å². The van der Waals surface area contributed by atoms with Crippen LogP contribution in [0, 0.1) is 5.92 Å². The van der Waals surface area contributed by atoms with Crippen LogP contribution in [0.25, 0.3) is 0 Å². The quantitative estimate of drug-likeness (QED) is 0.489. The van der Waals surface area contributed by atoms with E-state index in [9.17, 15) is 22.8 Å². The Morgan fingerprint density at radius 3 is 2.52 bits per heavy atom. The maximum atomic E-state index is 13.0. The highest BCUT2D eigenvalue weighted by atomic mass is 32.2. The van der Waals surface area contributed by atoms with Gasteiger partial charge in [-0.1, -0.05) is 13.3 Å². The Morgan fingerprint density at radius 2 is 1.91 bits per heavy atom. The first-order valence-electron chi connectivity index (χ1n) is 11.3. The number of urea groups is 1. The predicted octanol–water partition coefficient (Wildman–Crippen LogP) is 1.97. The summed E-state index contributed by atoms with van der Waals surface area (Å²) in [6, 6.07) is 3.51. The predicted molar refractivity (Wildman–Crippen MR) is 120 cm³/mol. The molecule has 1 spiro atoms. The van der Waals surface area contributed by atoms with Crippen LogP contribution < -0.4 is 20.1 Å². The molecule has 3 fully saturated rings. The van der Waals surface area contributed by atoms with Crippen LogP contribution in [0.1, 0.15) is 51.9 Å². The molecule has 11 heteroatoms. The van der Waals surface area contributed by atoms with E-state index in [1.54, 1.807) is 0 Å². The van der Waals surface area contributed by atoms with Crippen molar-refractivity contribution in [1.29, 1.82) is 0 Å². The molecule has 1 saturated heterocycles. The fourth-order valence-corrected chi connectivity index (χ4v) is 5.84. The van der Waals surface area contributed by atoms with Crippen molar-refractivity contribution in [2.24, 2.45) is 5.92 Å². The molecular formula is C22H30N4O6S. The van der Waals surface area contributed by atoms with Gasteiger partial charge in [-0.2, -0.15) is 0 Å². The van der Waals surface area contributed by atoms with Crippen LogP contribution in [-0.4, -0.2) is 56.4 Å². The van der Waals surface area contributed by atoms with Gasteiger partial charge >= 0.3 is 6.03 Å². The molecule has 0 radical (unpaired) electrons. The second-order valence-electron chi connectivity index (χ2n) is 9.06. The zero-order valence-electron chi connectivity index (χ0n) is 18.8. The molecule has 1 aromatic rings. The minimum Gasteiger partial charge on any atom is -0.495 e. The molecule has 1 aromatic carbocycles. The van der Waals surface area contributed by atoms with Crippen molar-refractivity contribution in [3.63, 3.8) is 0 Å². The molecule has 33 heavy (non-hydrogen) atoms. The van der Waals surface area contributed by atoms with Crippen molar-refractivity contribution in [2.75, 3.05) is 19.0 Å². The number of hydrogen-bond acceptors (Lipinski definition) is 6. The number of hydrogen-bond donors (Lipinski definition) is 3. The number of carbonyl (C=O) groups is 3. The Bertz CT molecular complexity index is 1060. The zero-order valence-corrected chi connectivity index (χ0v) is 19.7. The first-order chi connectivity index (χ1) is 15.7. The largest absolute Gasteiger partial charge is 0.495 e. The molecule has 2 saturated carbocycles. The Balaban J connectivity index is 1.45. The lowest BCUT2D eigenvalue weighted by atomic mass is 9.75. The number of anilines is 1. The smallest absolute Gasteiger partial charge is 0.325 e. The van der Waals surface area contributed by atoms with Crippen LogP contribution >= 0.6 is 0 Å². The van der Waals surface area contributed by atoms with Gasteiger partial charge in [0, 0.05) is 6.04 Å². The normalized spacial score (nSPS) is 25.3. The van der Waals surface area contributed by atoms with Crippen LogP contribution in [-0.2, 0) is 19.6 Å². The number of amides is 4. The van der Waals surface area contributed by atoms with Crippen molar-refractivity contribution < 1.29 is 27.5 Å². The summed E-state index contributed by atoms with van der Waals surface area (Å²) in [5.41, 5.74) is -0.783. The Kier molecular flexibility index (Phi) is 6.37. The molecule has 3 aliphatic rings. The third kappa shape index (κ3) is 4.84. The summed E-state index contributed by atoms with van der Waals surface area (Å²) in [6.45, 7) is 1.65. The van der Waals surface area contributed by atoms with Gasteiger partial charge < -0.3 is 15.4 Å². The highest BCUT2D eigenvalue weighted by Crippen LogP contribution is 2.37. The fraction of sp³-hybridized carbons (Fsp3) is 0.591. The number of benzene rings is 1. The average molecular weight is 479 g/mol. The molecule has 0 atom stereocenters. The van der Waals surface area contributed by atoms with Gasteiger partial charge in [0.25, 0.3) is 5.91 Å². The van der Waals surface area contributed by atoms with E-state index in [1.807, 2.05) is 0 Å². The topological polar surface area (TPSA) is 134 Å². The molecule has 4 amide bonds. The van der Waals surface area contributed by atoms with E-state index in [1.165, 1.54) is 25.3 Å². The van der Waals surface area contributed by atoms with Crippen LogP contribution in [0.3, 0.4) is 0 Å². The van der Waals surface area contributed by atoms with E-state index in [4.69, 9.17) is 4.74 Å². The lowest BCUT2D eigenvalue weighted by molar-refractivity contribution is -0.135. The summed E-state index contributed by atoms with van der Waals surface area (Å²) in [7, 11) is -2.33. The molecule has 0 aromatic heterocycles.